The summed E-state index contributed by atoms with van der Waals surface area (Å²) in [6, 6.07) is 14.4. The number of hydrogen-bond acceptors (Lipinski definition) is 5. The molecule has 0 atom stereocenters. The molecule has 4 heterocycles. The van der Waals surface area contributed by atoms with Crippen LogP contribution in [0.1, 0.15) is 9.67 Å². The number of piperazine rings is 1. The molecular formula is C24H20F4N4O3S. The molecule has 1 aromatic carbocycles. The number of pyridine rings is 1. The maximum absolute atomic E-state index is 13.2. The number of thiophene rings is 1. The smallest absolute Gasteiger partial charge is 0.475 e. The van der Waals surface area contributed by atoms with E-state index in [1.165, 1.54) is 23.5 Å². The average molecular weight is 521 g/mol. The molecule has 1 saturated heterocycles. The monoisotopic (exact) mass is 520 g/mol. The fourth-order valence-corrected chi connectivity index (χ4v) is 4.43. The summed E-state index contributed by atoms with van der Waals surface area (Å²) in [5.74, 6) is -2.89. The van der Waals surface area contributed by atoms with Crippen LogP contribution in [-0.4, -0.2) is 63.9 Å². The van der Waals surface area contributed by atoms with E-state index < -0.39 is 12.1 Å². The maximum atomic E-state index is 13.2. The van der Waals surface area contributed by atoms with Gasteiger partial charge >= 0.3 is 12.1 Å². The number of carbonyl (C=O) groups excluding carboxylic acids is 1. The molecule has 3 aromatic heterocycles. The molecule has 0 aliphatic carbocycles. The number of anilines is 1. The third-order valence-electron chi connectivity index (χ3n) is 5.56. The molecule has 1 amide bonds. The SMILES string of the molecule is O=C(O)C(F)(F)F.O=C(c1cccs1)N1CCN(c2cnn3ccc(-c4ccc(F)cc4)cc23)CC1. The minimum absolute atomic E-state index is 0.109. The van der Waals surface area contributed by atoms with Gasteiger partial charge in [-0.1, -0.05) is 18.2 Å². The summed E-state index contributed by atoms with van der Waals surface area (Å²) >= 11 is 1.48. The lowest BCUT2D eigenvalue weighted by molar-refractivity contribution is -0.192. The summed E-state index contributed by atoms with van der Waals surface area (Å²) in [6.07, 6.45) is -1.28. The Bertz CT molecular complexity index is 1350. The Morgan fingerprint density at radius 3 is 2.22 bits per heavy atom. The minimum Gasteiger partial charge on any atom is -0.475 e. The second-order valence-corrected chi connectivity index (χ2v) is 8.79. The van der Waals surface area contributed by atoms with Crippen molar-refractivity contribution in [3.05, 3.63) is 77.0 Å². The number of rotatable bonds is 3. The van der Waals surface area contributed by atoms with Crippen LogP contribution in [0.4, 0.5) is 23.2 Å². The van der Waals surface area contributed by atoms with Gasteiger partial charge in [0, 0.05) is 32.4 Å². The number of aromatic nitrogens is 2. The molecule has 0 saturated carbocycles. The third kappa shape index (κ3) is 5.65. The van der Waals surface area contributed by atoms with Crippen LogP contribution in [0.2, 0.25) is 0 Å². The van der Waals surface area contributed by atoms with E-state index >= 15 is 0 Å². The number of fused-ring (bicyclic) bond motifs is 1. The van der Waals surface area contributed by atoms with E-state index in [0.717, 1.165) is 40.3 Å². The van der Waals surface area contributed by atoms with Crippen molar-refractivity contribution in [2.75, 3.05) is 31.1 Å². The highest BCUT2D eigenvalue weighted by molar-refractivity contribution is 7.12. The van der Waals surface area contributed by atoms with Crippen molar-refractivity contribution < 1.29 is 32.3 Å². The van der Waals surface area contributed by atoms with Gasteiger partial charge in [0.2, 0.25) is 0 Å². The zero-order valence-electron chi connectivity index (χ0n) is 18.7. The number of hydrogen-bond donors (Lipinski definition) is 1. The van der Waals surface area contributed by atoms with Gasteiger partial charge in [0.1, 0.15) is 5.82 Å². The van der Waals surface area contributed by atoms with Crippen LogP contribution < -0.4 is 4.90 Å². The van der Waals surface area contributed by atoms with E-state index in [0.29, 0.717) is 13.1 Å². The Kier molecular flexibility index (Phi) is 7.25. The Morgan fingerprint density at radius 2 is 1.64 bits per heavy atom. The third-order valence-corrected chi connectivity index (χ3v) is 6.42. The fourth-order valence-electron chi connectivity index (χ4n) is 3.74. The van der Waals surface area contributed by atoms with Crippen LogP contribution in [-0.2, 0) is 4.79 Å². The van der Waals surface area contributed by atoms with Gasteiger partial charge in [-0.2, -0.15) is 18.3 Å². The van der Waals surface area contributed by atoms with Gasteiger partial charge in [-0.25, -0.2) is 13.7 Å². The molecule has 1 aliphatic rings. The molecule has 1 N–H and O–H groups in total. The Hall–Kier alpha value is -3.93. The molecule has 36 heavy (non-hydrogen) atoms. The number of alkyl halides is 3. The van der Waals surface area contributed by atoms with Gasteiger partial charge in [-0.3, -0.25) is 4.79 Å². The van der Waals surface area contributed by atoms with Crippen LogP contribution >= 0.6 is 11.3 Å². The topological polar surface area (TPSA) is 78.2 Å². The first kappa shape index (κ1) is 25.2. The van der Waals surface area contributed by atoms with E-state index in [4.69, 9.17) is 9.90 Å². The van der Waals surface area contributed by atoms with Crippen LogP contribution in [0.3, 0.4) is 0 Å². The lowest BCUT2D eigenvalue weighted by atomic mass is 10.1. The summed E-state index contributed by atoms with van der Waals surface area (Å²) < 4.78 is 46.8. The normalized spacial score (nSPS) is 13.9. The molecule has 1 aliphatic heterocycles. The number of carbonyl (C=O) groups is 2. The highest BCUT2D eigenvalue weighted by atomic mass is 32.1. The molecule has 4 aromatic rings. The first-order valence-electron chi connectivity index (χ1n) is 10.7. The van der Waals surface area contributed by atoms with E-state index in [1.54, 1.807) is 12.1 Å². The summed E-state index contributed by atoms with van der Waals surface area (Å²) in [5, 5.41) is 13.5. The number of nitrogens with zero attached hydrogens (tertiary/aromatic N) is 4. The van der Waals surface area contributed by atoms with Crippen molar-refractivity contribution in [3.63, 3.8) is 0 Å². The van der Waals surface area contributed by atoms with Gasteiger partial charge in [-0.05, 0) is 46.8 Å². The lowest BCUT2D eigenvalue weighted by Crippen LogP contribution is -2.48. The van der Waals surface area contributed by atoms with Gasteiger partial charge in [0.15, 0.2) is 0 Å². The molecule has 1 fully saturated rings. The number of halogens is 4. The zero-order chi connectivity index (χ0) is 25.9. The first-order chi connectivity index (χ1) is 17.1. The van der Waals surface area contributed by atoms with Crippen molar-refractivity contribution in [2.24, 2.45) is 0 Å². The summed E-state index contributed by atoms with van der Waals surface area (Å²) in [5.41, 5.74) is 4.04. The summed E-state index contributed by atoms with van der Waals surface area (Å²) in [7, 11) is 0. The van der Waals surface area contributed by atoms with Gasteiger partial charge < -0.3 is 14.9 Å². The second kappa shape index (κ2) is 10.4. The fraction of sp³-hybridized carbons (Fsp3) is 0.208. The molecular weight excluding hydrogens is 500 g/mol. The molecule has 12 heteroatoms. The minimum atomic E-state index is -5.08. The molecule has 0 bridgehead atoms. The van der Waals surface area contributed by atoms with Gasteiger partial charge in [0.05, 0.1) is 22.3 Å². The van der Waals surface area contributed by atoms with E-state index in [9.17, 15) is 22.4 Å². The van der Waals surface area contributed by atoms with Crippen molar-refractivity contribution in [1.29, 1.82) is 0 Å². The molecule has 188 valence electrons. The van der Waals surface area contributed by atoms with Crippen LogP contribution in [0.25, 0.3) is 16.6 Å². The molecule has 5 rings (SSSR count). The highest BCUT2D eigenvalue weighted by Crippen LogP contribution is 2.28. The average Bonchev–Trinajstić information content (AvgIpc) is 3.54. The lowest BCUT2D eigenvalue weighted by Gasteiger charge is -2.35. The number of carboxylic acid groups (broad SMARTS) is 1. The van der Waals surface area contributed by atoms with E-state index in [-0.39, 0.29) is 11.7 Å². The van der Waals surface area contributed by atoms with Crippen LogP contribution in [0, 0.1) is 5.82 Å². The summed E-state index contributed by atoms with van der Waals surface area (Å²) in [4.78, 5) is 26.4. The Labute approximate surface area is 206 Å². The first-order valence-corrected chi connectivity index (χ1v) is 11.6. The molecule has 0 unspecified atom stereocenters. The molecule has 0 spiro atoms. The number of benzene rings is 1. The largest absolute Gasteiger partial charge is 0.490 e. The standard InChI is InChI=1S/C22H19FN4OS.C2HF3O2/c23-18-5-3-16(4-6-18)17-7-8-27-19(14-17)20(15-24-27)25-9-11-26(12-10-25)22(28)21-2-1-13-29-21;3-2(4,5)1(6)7/h1-8,13-15H,9-12H2;(H,6,7). The van der Waals surface area contributed by atoms with Crippen molar-refractivity contribution in [2.45, 2.75) is 6.18 Å². The van der Waals surface area contributed by atoms with E-state index in [1.807, 2.05) is 45.4 Å². The number of carboxylic acids is 1. The summed E-state index contributed by atoms with van der Waals surface area (Å²) in [6.45, 7) is 2.90. The van der Waals surface area contributed by atoms with Gasteiger partial charge in [-0.15, -0.1) is 11.3 Å². The number of aliphatic carboxylic acids is 1. The van der Waals surface area contributed by atoms with Crippen molar-refractivity contribution in [3.8, 4) is 11.1 Å². The Balaban J connectivity index is 0.000000384. The van der Waals surface area contributed by atoms with Crippen molar-refractivity contribution >= 4 is 34.4 Å². The highest BCUT2D eigenvalue weighted by Gasteiger charge is 2.38. The zero-order valence-corrected chi connectivity index (χ0v) is 19.5. The van der Waals surface area contributed by atoms with Crippen LogP contribution in [0.5, 0.6) is 0 Å². The van der Waals surface area contributed by atoms with Crippen molar-refractivity contribution in [1.82, 2.24) is 14.5 Å². The van der Waals surface area contributed by atoms with Gasteiger partial charge in [0.25, 0.3) is 5.91 Å². The second-order valence-electron chi connectivity index (χ2n) is 7.84. The van der Waals surface area contributed by atoms with Crippen LogP contribution in [0.15, 0.2) is 66.3 Å². The predicted octanol–water partition coefficient (Wildman–Crippen LogP) is 4.80. The number of amides is 1. The molecule has 0 radical (unpaired) electrons. The molecule has 7 nitrogen and oxygen atoms in total. The predicted molar refractivity (Wildman–Crippen MR) is 127 cm³/mol. The van der Waals surface area contributed by atoms with E-state index in [2.05, 4.69) is 16.1 Å². The quantitative estimate of drug-likeness (QED) is 0.393. The maximum Gasteiger partial charge on any atom is 0.490 e. The Morgan fingerprint density at radius 1 is 0.972 bits per heavy atom.